The van der Waals surface area contributed by atoms with Crippen LogP contribution in [0.2, 0.25) is 0 Å². The summed E-state index contributed by atoms with van der Waals surface area (Å²) in [4.78, 5) is 0. The third kappa shape index (κ3) is 6.98. The van der Waals surface area contributed by atoms with E-state index >= 15 is 0 Å². The molecule has 0 amide bonds. The van der Waals surface area contributed by atoms with Crippen molar-refractivity contribution in [2.24, 2.45) is 10.2 Å². The normalized spacial score (nSPS) is 11.6. The van der Waals surface area contributed by atoms with Gasteiger partial charge in [0.05, 0.1) is 12.4 Å². The van der Waals surface area contributed by atoms with Gasteiger partial charge >= 0.3 is 0 Å². The lowest BCUT2D eigenvalue weighted by molar-refractivity contribution is 0.631. The second-order valence-electron chi connectivity index (χ2n) is 8.14. The van der Waals surface area contributed by atoms with Crippen molar-refractivity contribution in [1.82, 2.24) is 0 Å². The molecule has 0 fully saturated rings. The van der Waals surface area contributed by atoms with Crippen LogP contribution >= 0.6 is 0 Å². The molecule has 3 aromatic rings. The number of halogens is 1. The number of aryl methyl sites for hydroxylation is 2. The van der Waals surface area contributed by atoms with Gasteiger partial charge in [0, 0.05) is 5.56 Å². The highest BCUT2D eigenvalue weighted by Gasteiger charge is 2.06. The summed E-state index contributed by atoms with van der Waals surface area (Å²) in [5, 5.41) is 8.35. The van der Waals surface area contributed by atoms with E-state index in [0.717, 1.165) is 24.0 Å². The minimum atomic E-state index is -0.254. The summed E-state index contributed by atoms with van der Waals surface area (Å²) in [6, 6.07) is 21.5. The molecule has 0 aliphatic carbocycles. The van der Waals surface area contributed by atoms with Crippen LogP contribution in [-0.2, 0) is 12.8 Å². The summed E-state index contributed by atoms with van der Waals surface area (Å²) >= 11 is 0. The highest BCUT2D eigenvalue weighted by Crippen LogP contribution is 2.24. The van der Waals surface area contributed by atoms with Gasteiger partial charge in [0.25, 0.3) is 0 Å². The van der Waals surface area contributed by atoms with Crippen molar-refractivity contribution in [2.45, 2.75) is 58.8 Å². The van der Waals surface area contributed by atoms with Crippen LogP contribution in [0.25, 0.3) is 11.1 Å². The van der Waals surface area contributed by atoms with Gasteiger partial charge in [-0.05, 0) is 53.1 Å². The number of nitrogens with zero attached hydrogens (tertiary/aromatic N) is 2. The molecule has 3 aromatic carbocycles. The Morgan fingerprint density at radius 3 is 2.28 bits per heavy atom. The van der Waals surface area contributed by atoms with Crippen molar-refractivity contribution in [3.8, 4) is 11.1 Å². The van der Waals surface area contributed by atoms with Gasteiger partial charge in [0.2, 0.25) is 0 Å². The Hall–Kier alpha value is -3.07. The number of unbranched alkanes of at least 4 members (excludes halogenated alkanes) is 4. The molecule has 0 heterocycles. The monoisotopic (exact) mass is 428 g/mol. The Kier molecular flexibility index (Phi) is 9.37. The molecule has 3 heteroatoms. The molecular weight excluding hydrogens is 395 g/mol. The van der Waals surface area contributed by atoms with Gasteiger partial charge in [0.15, 0.2) is 0 Å². The summed E-state index contributed by atoms with van der Waals surface area (Å²) < 4.78 is 14.6. The molecule has 0 aliphatic rings. The van der Waals surface area contributed by atoms with E-state index < -0.39 is 0 Å². The Bertz CT molecular complexity index is 1040. The van der Waals surface area contributed by atoms with E-state index in [1.54, 1.807) is 18.5 Å². The van der Waals surface area contributed by atoms with Crippen LogP contribution in [0, 0.1) is 5.82 Å². The van der Waals surface area contributed by atoms with E-state index in [1.165, 1.54) is 49.3 Å². The average Bonchev–Trinajstić information content (AvgIpc) is 2.83. The zero-order valence-electron chi connectivity index (χ0n) is 19.2. The number of hydrogen-bond acceptors (Lipinski definition) is 2. The third-order valence-corrected chi connectivity index (χ3v) is 5.74. The van der Waals surface area contributed by atoms with Crippen LogP contribution in [0.15, 0.2) is 76.9 Å². The van der Waals surface area contributed by atoms with E-state index in [4.69, 9.17) is 0 Å². The Balaban J connectivity index is 1.61. The van der Waals surface area contributed by atoms with Crippen molar-refractivity contribution in [3.05, 3.63) is 94.8 Å². The smallest absolute Gasteiger partial charge is 0.131 e. The Morgan fingerprint density at radius 2 is 1.53 bits per heavy atom. The van der Waals surface area contributed by atoms with Crippen LogP contribution in [0.3, 0.4) is 0 Å². The summed E-state index contributed by atoms with van der Waals surface area (Å²) in [7, 11) is 0. The van der Waals surface area contributed by atoms with Crippen LogP contribution in [0.5, 0.6) is 0 Å². The van der Waals surface area contributed by atoms with E-state index in [9.17, 15) is 4.39 Å². The Morgan fingerprint density at radius 1 is 0.781 bits per heavy atom. The number of rotatable bonds is 11. The second kappa shape index (κ2) is 12.7. The first kappa shape index (κ1) is 23.6. The highest BCUT2D eigenvalue weighted by atomic mass is 19.1. The van der Waals surface area contributed by atoms with Crippen LogP contribution in [0.1, 0.15) is 68.2 Å². The molecule has 0 bridgehead atoms. The van der Waals surface area contributed by atoms with Gasteiger partial charge in [-0.25, -0.2) is 4.39 Å². The molecule has 2 nitrogen and oxygen atoms in total. The van der Waals surface area contributed by atoms with Crippen molar-refractivity contribution in [3.63, 3.8) is 0 Å². The summed E-state index contributed by atoms with van der Waals surface area (Å²) in [6.45, 7) is 4.35. The highest BCUT2D eigenvalue weighted by molar-refractivity contribution is 5.84. The fourth-order valence-corrected chi connectivity index (χ4v) is 3.77. The molecule has 0 radical (unpaired) electrons. The molecule has 0 atom stereocenters. The van der Waals surface area contributed by atoms with Gasteiger partial charge in [-0.2, -0.15) is 10.2 Å². The molecule has 0 aromatic heterocycles. The molecule has 32 heavy (non-hydrogen) atoms. The summed E-state index contributed by atoms with van der Waals surface area (Å²) in [5.41, 5.74) is 5.81. The molecule has 0 unspecified atom stereocenters. The summed E-state index contributed by atoms with van der Waals surface area (Å²) in [6.07, 6.45) is 11.8. The standard InChI is InChI=1S/C29H33FN2/c1-3-5-6-7-8-11-25-12-9-10-13-27(25)22-32-31-21-24-16-19-28(29(30)20-24)26-17-14-23(4-2)15-18-26/h9-10,12-22H,3-8,11H2,1-2H3. The largest absolute Gasteiger partial charge is 0.206 e. The first-order valence-corrected chi connectivity index (χ1v) is 11.7. The number of benzene rings is 3. The van der Waals surface area contributed by atoms with Gasteiger partial charge in [-0.3, -0.25) is 0 Å². The fourth-order valence-electron chi connectivity index (χ4n) is 3.77. The average molecular weight is 429 g/mol. The van der Waals surface area contributed by atoms with Crippen LogP contribution in [0.4, 0.5) is 4.39 Å². The minimum Gasteiger partial charge on any atom is -0.206 e. The maximum absolute atomic E-state index is 14.6. The van der Waals surface area contributed by atoms with Gasteiger partial charge in [0.1, 0.15) is 5.82 Å². The SMILES string of the molecule is CCCCCCCc1ccccc1C=NN=Cc1ccc(-c2ccc(CC)cc2)c(F)c1. The molecular formula is C29H33FN2. The predicted octanol–water partition coefficient (Wildman–Crippen LogP) is 8.02. The first-order valence-electron chi connectivity index (χ1n) is 11.7. The predicted molar refractivity (Wildman–Crippen MR) is 135 cm³/mol. The lowest BCUT2D eigenvalue weighted by Crippen LogP contribution is -1.93. The molecule has 0 saturated heterocycles. The minimum absolute atomic E-state index is 0.254. The van der Waals surface area contributed by atoms with E-state index in [1.807, 2.05) is 36.4 Å². The van der Waals surface area contributed by atoms with E-state index in [0.29, 0.717) is 11.1 Å². The fraction of sp³-hybridized carbons (Fsp3) is 0.310. The van der Waals surface area contributed by atoms with Gasteiger partial charge < -0.3 is 0 Å². The molecule has 0 spiro atoms. The van der Waals surface area contributed by atoms with Crippen LogP contribution in [-0.4, -0.2) is 12.4 Å². The van der Waals surface area contributed by atoms with Crippen molar-refractivity contribution < 1.29 is 4.39 Å². The second-order valence-corrected chi connectivity index (χ2v) is 8.14. The summed E-state index contributed by atoms with van der Waals surface area (Å²) in [5.74, 6) is -0.254. The first-order chi connectivity index (χ1) is 15.7. The molecule has 0 N–H and O–H groups in total. The number of hydrogen-bond donors (Lipinski definition) is 0. The van der Waals surface area contributed by atoms with E-state index in [-0.39, 0.29) is 5.82 Å². The van der Waals surface area contributed by atoms with Gasteiger partial charge in [-0.1, -0.05) is 100 Å². The lowest BCUT2D eigenvalue weighted by atomic mass is 10.0. The molecule has 0 saturated carbocycles. The van der Waals surface area contributed by atoms with Crippen molar-refractivity contribution in [2.75, 3.05) is 0 Å². The Labute approximate surface area is 191 Å². The van der Waals surface area contributed by atoms with E-state index in [2.05, 4.69) is 42.2 Å². The van der Waals surface area contributed by atoms with Crippen molar-refractivity contribution >= 4 is 12.4 Å². The van der Waals surface area contributed by atoms with Crippen LogP contribution < -0.4 is 0 Å². The quantitative estimate of drug-likeness (QED) is 0.168. The lowest BCUT2D eigenvalue weighted by Gasteiger charge is -2.06. The van der Waals surface area contributed by atoms with Crippen molar-refractivity contribution in [1.29, 1.82) is 0 Å². The topological polar surface area (TPSA) is 24.7 Å². The zero-order valence-corrected chi connectivity index (χ0v) is 19.2. The molecule has 166 valence electrons. The van der Waals surface area contributed by atoms with Gasteiger partial charge in [-0.15, -0.1) is 0 Å². The zero-order chi connectivity index (χ0) is 22.6. The molecule has 0 aliphatic heterocycles. The maximum Gasteiger partial charge on any atom is 0.131 e. The third-order valence-electron chi connectivity index (χ3n) is 5.74. The molecule has 3 rings (SSSR count). The maximum atomic E-state index is 14.6.